The summed E-state index contributed by atoms with van der Waals surface area (Å²) in [5.74, 6) is -0.810. The zero-order chi connectivity index (χ0) is 19.7. The molecular weight excluding hydrogens is 360 g/mol. The van der Waals surface area contributed by atoms with Gasteiger partial charge < -0.3 is 5.11 Å². The topological polar surface area (TPSA) is 107 Å². The molecule has 0 unspecified atom stereocenters. The molecule has 0 amide bonds. The average molecular weight is 376 g/mol. The molecule has 28 heavy (non-hydrogen) atoms. The van der Waals surface area contributed by atoms with Gasteiger partial charge in [-0.1, -0.05) is 30.3 Å². The molecule has 2 aromatic carbocycles. The lowest BCUT2D eigenvalue weighted by Gasteiger charge is -2.17. The van der Waals surface area contributed by atoms with E-state index in [4.69, 9.17) is 5.11 Å². The van der Waals surface area contributed by atoms with Gasteiger partial charge in [-0.15, -0.1) is 0 Å². The van der Waals surface area contributed by atoms with Crippen LogP contribution < -0.4 is 11.2 Å². The number of carboxylic acids is 1. The molecular formula is C20H16N4O4. The van der Waals surface area contributed by atoms with Crippen molar-refractivity contribution in [1.29, 1.82) is 0 Å². The molecule has 0 radical (unpaired) electrons. The van der Waals surface area contributed by atoms with Gasteiger partial charge in [0, 0.05) is 18.7 Å². The highest BCUT2D eigenvalue weighted by Crippen LogP contribution is 2.24. The Balaban J connectivity index is 2.01. The smallest absolute Gasteiger partial charge is 0.352 e. The molecule has 0 saturated heterocycles. The predicted octanol–water partition coefficient (Wildman–Crippen LogP) is 1.91. The van der Waals surface area contributed by atoms with Crippen LogP contribution in [0.25, 0.3) is 28.2 Å². The highest BCUT2D eigenvalue weighted by atomic mass is 16.4. The van der Waals surface area contributed by atoms with Gasteiger partial charge in [0.2, 0.25) is 0 Å². The van der Waals surface area contributed by atoms with Crippen LogP contribution in [0.3, 0.4) is 0 Å². The molecule has 0 atom stereocenters. The summed E-state index contributed by atoms with van der Waals surface area (Å²) in [5.41, 5.74) is 0.837. The average Bonchev–Trinajstić information content (AvgIpc) is 2.69. The van der Waals surface area contributed by atoms with Crippen molar-refractivity contribution in [2.24, 2.45) is 0 Å². The third-order valence-corrected chi connectivity index (χ3v) is 4.45. The normalized spacial score (nSPS) is 11.1. The first-order valence-electron chi connectivity index (χ1n) is 8.76. The summed E-state index contributed by atoms with van der Waals surface area (Å²) in [6.45, 7) is -0.0211. The number of carboxylic acid groups (broad SMARTS) is 1. The molecule has 0 bridgehead atoms. The molecule has 0 aliphatic carbocycles. The lowest BCUT2D eigenvalue weighted by molar-refractivity contribution is -0.137. The summed E-state index contributed by atoms with van der Waals surface area (Å²) >= 11 is 0. The summed E-state index contributed by atoms with van der Waals surface area (Å²) in [5, 5.41) is 8.79. The van der Waals surface area contributed by atoms with Gasteiger partial charge in [0.15, 0.2) is 11.5 Å². The molecule has 1 N–H and O–H groups in total. The minimum Gasteiger partial charge on any atom is -0.481 e. The first-order valence-corrected chi connectivity index (χ1v) is 8.76. The first-order chi connectivity index (χ1) is 13.6. The van der Waals surface area contributed by atoms with E-state index in [1.165, 1.54) is 0 Å². The second kappa shape index (κ2) is 7.07. The zero-order valence-electron chi connectivity index (χ0n) is 14.8. The van der Waals surface area contributed by atoms with Gasteiger partial charge in [0.1, 0.15) is 0 Å². The van der Waals surface area contributed by atoms with Crippen LogP contribution in [0.5, 0.6) is 0 Å². The molecule has 2 aliphatic rings. The van der Waals surface area contributed by atoms with Crippen molar-refractivity contribution in [3.8, 4) is 17.2 Å². The van der Waals surface area contributed by atoms with E-state index in [2.05, 4.69) is 9.97 Å². The lowest BCUT2D eigenvalue weighted by atomic mass is 10.2. The minimum atomic E-state index is -0.986. The number of fused-ring (bicyclic) bond motifs is 2. The number of nitrogens with zero attached hydrogens (tertiary/aromatic N) is 4. The summed E-state index contributed by atoms with van der Waals surface area (Å²) < 4.78 is 2.68. The number of rotatable bonds is 5. The number of aromatic nitrogens is 4. The zero-order valence-corrected chi connectivity index (χ0v) is 14.8. The lowest BCUT2D eigenvalue weighted by Crippen LogP contribution is -2.38. The van der Waals surface area contributed by atoms with Crippen LogP contribution in [0.1, 0.15) is 12.8 Å². The van der Waals surface area contributed by atoms with Crippen molar-refractivity contribution in [2.45, 2.75) is 19.4 Å². The van der Waals surface area contributed by atoms with Gasteiger partial charge in [-0.05, 0) is 30.7 Å². The predicted molar refractivity (Wildman–Crippen MR) is 103 cm³/mol. The van der Waals surface area contributed by atoms with Crippen molar-refractivity contribution in [1.82, 2.24) is 19.1 Å². The van der Waals surface area contributed by atoms with E-state index >= 15 is 0 Å². The van der Waals surface area contributed by atoms with Gasteiger partial charge in [-0.3, -0.25) is 18.7 Å². The van der Waals surface area contributed by atoms with Crippen molar-refractivity contribution < 1.29 is 9.90 Å². The molecule has 4 rings (SSSR count). The Morgan fingerprint density at radius 3 is 2.43 bits per heavy atom. The minimum absolute atomic E-state index is 0.0211. The molecule has 0 aromatic heterocycles. The van der Waals surface area contributed by atoms with Crippen molar-refractivity contribution >= 4 is 17.0 Å². The molecule has 140 valence electrons. The highest BCUT2D eigenvalue weighted by molar-refractivity contribution is 5.81. The second-order valence-electron chi connectivity index (χ2n) is 6.29. The second-order valence-corrected chi connectivity index (χ2v) is 6.29. The van der Waals surface area contributed by atoms with Crippen molar-refractivity contribution in [2.75, 3.05) is 0 Å². The Bertz CT molecular complexity index is 1260. The fourth-order valence-corrected chi connectivity index (χ4v) is 3.17. The molecule has 8 heteroatoms. The summed E-state index contributed by atoms with van der Waals surface area (Å²) in [7, 11) is 0. The SMILES string of the molecule is O=C(O)CCCn1c(=O)nc2n(-c3ccccc3)c3ccccc3nc-2c1=O. The van der Waals surface area contributed by atoms with E-state index in [1.807, 2.05) is 48.5 Å². The van der Waals surface area contributed by atoms with Crippen molar-refractivity contribution in [3.05, 3.63) is 75.4 Å². The van der Waals surface area contributed by atoms with Gasteiger partial charge in [-0.2, -0.15) is 4.98 Å². The monoisotopic (exact) mass is 376 g/mol. The van der Waals surface area contributed by atoms with E-state index in [9.17, 15) is 14.4 Å². The number of carbonyl (C=O) groups is 1. The Morgan fingerprint density at radius 2 is 1.68 bits per heavy atom. The molecule has 8 nitrogen and oxygen atoms in total. The molecule has 2 heterocycles. The Morgan fingerprint density at radius 1 is 0.964 bits per heavy atom. The Labute approximate surface area is 158 Å². The maximum absolute atomic E-state index is 13.0. The number of para-hydroxylation sites is 3. The Kier molecular flexibility index (Phi) is 4.44. The highest BCUT2D eigenvalue weighted by Gasteiger charge is 2.22. The quantitative estimate of drug-likeness (QED) is 0.533. The summed E-state index contributed by atoms with van der Waals surface area (Å²) in [4.78, 5) is 44.7. The molecule has 0 fully saturated rings. The fourth-order valence-electron chi connectivity index (χ4n) is 3.17. The van der Waals surface area contributed by atoms with Gasteiger partial charge in [0.25, 0.3) is 5.56 Å². The fraction of sp³-hybridized carbons (Fsp3) is 0.150. The molecule has 2 aromatic rings. The van der Waals surface area contributed by atoms with Gasteiger partial charge in [0.05, 0.1) is 11.0 Å². The van der Waals surface area contributed by atoms with Gasteiger partial charge >= 0.3 is 11.7 Å². The van der Waals surface area contributed by atoms with E-state index < -0.39 is 17.2 Å². The Hall–Kier alpha value is -3.81. The molecule has 0 saturated carbocycles. The van der Waals surface area contributed by atoms with E-state index in [1.54, 1.807) is 10.6 Å². The third-order valence-electron chi connectivity index (χ3n) is 4.45. The third kappa shape index (κ3) is 3.05. The van der Waals surface area contributed by atoms with Crippen molar-refractivity contribution in [3.63, 3.8) is 0 Å². The van der Waals surface area contributed by atoms with Crippen LogP contribution in [-0.2, 0) is 11.3 Å². The van der Waals surface area contributed by atoms with E-state index in [-0.39, 0.29) is 30.9 Å². The van der Waals surface area contributed by atoms with Gasteiger partial charge in [-0.25, -0.2) is 9.78 Å². The number of benzene rings is 2. The maximum atomic E-state index is 13.0. The van der Waals surface area contributed by atoms with E-state index in [0.717, 1.165) is 15.8 Å². The first kappa shape index (κ1) is 17.6. The number of aliphatic carboxylic acids is 1. The summed E-state index contributed by atoms with van der Waals surface area (Å²) in [6.07, 6.45) is 0.0169. The maximum Gasteiger partial charge on any atom is 0.352 e. The number of hydrogen-bond donors (Lipinski definition) is 1. The molecule has 2 aliphatic heterocycles. The molecule has 0 spiro atoms. The van der Waals surface area contributed by atoms with Crippen LogP contribution in [0.2, 0.25) is 0 Å². The van der Waals surface area contributed by atoms with Crippen LogP contribution >= 0.6 is 0 Å². The van der Waals surface area contributed by atoms with E-state index in [0.29, 0.717) is 5.52 Å². The van der Waals surface area contributed by atoms with Crippen LogP contribution in [0.4, 0.5) is 0 Å². The largest absolute Gasteiger partial charge is 0.481 e. The van der Waals surface area contributed by atoms with Crippen LogP contribution in [0.15, 0.2) is 64.2 Å². The number of hydrogen-bond acceptors (Lipinski definition) is 5. The van der Waals surface area contributed by atoms with Crippen LogP contribution in [0, 0.1) is 0 Å². The summed E-state index contributed by atoms with van der Waals surface area (Å²) in [6, 6.07) is 16.6. The van der Waals surface area contributed by atoms with Crippen LogP contribution in [-0.4, -0.2) is 30.2 Å². The standard InChI is InChI=1S/C20H16N4O4/c25-16(26)11-6-12-23-19(27)17-18(22-20(23)28)24(13-7-2-1-3-8-13)15-10-5-4-9-14(15)21-17/h1-5,7-10H,6,11-12H2,(H,25,26).